The van der Waals surface area contributed by atoms with Crippen molar-refractivity contribution >= 4 is 21.6 Å². The third-order valence-electron chi connectivity index (χ3n) is 3.13. The second-order valence-electron chi connectivity index (χ2n) is 4.37. The molecule has 0 unspecified atom stereocenters. The van der Waals surface area contributed by atoms with E-state index in [0.29, 0.717) is 11.3 Å². The first-order valence-electron chi connectivity index (χ1n) is 5.87. The Morgan fingerprint density at radius 1 is 1.15 bits per heavy atom. The summed E-state index contributed by atoms with van der Waals surface area (Å²) in [6.07, 6.45) is 1.35. The van der Waals surface area contributed by atoms with Gasteiger partial charge in [0.05, 0.1) is 12.1 Å². The molecular formula is C13H11N3O3S. The Morgan fingerprint density at radius 3 is 2.60 bits per heavy atom. The monoisotopic (exact) mass is 289 g/mol. The first-order valence-corrected chi connectivity index (χ1v) is 7.31. The summed E-state index contributed by atoms with van der Waals surface area (Å²) in [7, 11) is -3.89. The number of pyridine rings is 1. The number of rotatable bonds is 2. The zero-order chi connectivity index (χ0) is 14.3. The van der Waals surface area contributed by atoms with Gasteiger partial charge in [-0.1, -0.05) is 18.2 Å². The van der Waals surface area contributed by atoms with Gasteiger partial charge in [0.25, 0.3) is 15.9 Å². The van der Waals surface area contributed by atoms with Gasteiger partial charge in [-0.15, -0.1) is 0 Å². The van der Waals surface area contributed by atoms with Crippen LogP contribution in [0.5, 0.6) is 0 Å². The van der Waals surface area contributed by atoms with E-state index in [9.17, 15) is 13.2 Å². The second kappa shape index (κ2) is 4.31. The van der Waals surface area contributed by atoms with Crippen LogP contribution in [-0.2, 0) is 16.6 Å². The van der Waals surface area contributed by atoms with Gasteiger partial charge in [0.15, 0.2) is 5.03 Å². The molecule has 7 heteroatoms. The SMILES string of the molecule is Nc1ccccc1CN1C(=O)c2cccnc2S1(=O)=O. The average Bonchev–Trinajstić information content (AvgIpc) is 2.63. The minimum atomic E-state index is -3.89. The maximum atomic E-state index is 12.3. The number of nitrogens with zero attached hydrogens (tertiary/aromatic N) is 2. The van der Waals surface area contributed by atoms with Crippen molar-refractivity contribution in [3.63, 3.8) is 0 Å². The number of nitrogen functional groups attached to an aromatic ring is 1. The summed E-state index contributed by atoms with van der Waals surface area (Å²) in [6, 6.07) is 9.82. The molecule has 0 bridgehead atoms. The van der Waals surface area contributed by atoms with Crippen LogP contribution in [0, 0.1) is 0 Å². The molecule has 0 radical (unpaired) electrons. The van der Waals surface area contributed by atoms with Gasteiger partial charge in [-0.3, -0.25) is 4.79 Å². The van der Waals surface area contributed by atoms with Crippen molar-refractivity contribution in [1.82, 2.24) is 9.29 Å². The first kappa shape index (κ1) is 12.6. The fraction of sp³-hybridized carbons (Fsp3) is 0.0769. The van der Waals surface area contributed by atoms with Gasteiger partial charge in [0, 0.05) is 11.9 Å². The fourth-order valence-electron chi connectivity index (χ4n) is 2.10. The minimum absolute atomic E-state index is 0.0931. The van der Waals surface area contributed by atoms with Crippen molar-refractivity contribution in [2.24, 2.45) is 0 Å². The predicted octanol–water partition coefficient (Wildman–Crippen LogP) is 1.01. The molecule has 0 atom stereocenters. The zero-order valence-corrected chi connectivity index (χ0v) is 11.2. The molecule has 0 fully saturated rings. The van der Waals surface area contributed by atoms with Crippen LogP contribution in [0.3, 0.4) is 0 Å². The Bertz CT molecular complexity index is 802. The number of carbonyl (C=O) groups is 1. The van der Waals surface area contributed by atoms with E-state index in [1.165, 1.54) is 18.3 Å². The number of anilines is 1. The summed E-state index contributed by atoms with van der Waals surface area (Å²) in [5.41, 5.74) is 6.91. The number of amides is 1. The number of aromatic nitrogens is 1. The Labute approximate surface area is 115 Å². The number of carbonyl (C=O) groups excluding carboxylic acids is 1. The van der Waals surface area contributed by atoms with Gasteiger partial charge in [0.2, 0.25) is 0 Å². The Hall–Kier alpha value is -2.41. The molecule has 1 aromatic heterocycles. The first-order chi connectivity index (χ1) is 9.51. The van der Waals surface area contributed by atoms with Gasteiger partial charge in [-0.2, -0.15) is 8.42 Å². The lowest BCUT2D eigenvalue weighted by atomic mass is 10.2. The van der Waals surface area contributed by atoms with Gasteiger partial charge in [-0.05, 0) is 23.8 Å². The molecule has 2 N–H and O–H groups in total. The molecule has 0 saturated heterocycles. The lowest BCUT2D eigenvalue weighted by molar-refractivity contribution is 0.0865. The van der Waals surface area contributed by atoms with E-state index < -0.39 is 15.9 Å². The number of hydrogen-bond acceptors (Lipinski definition) is 5. The van der Waals surface area contributed by atoms with Crippen molar-refractivity contribution in [2.45, 2.75) is 11.6 Å². The van der Waals surface area contributed by atoms with E-state index in [0.717, 1.165) is 4.31 Å². The lowest BCUT2D eigenvalue weighted by Gasteiger charge is -2.15. The summed E-state index contributed by atoms with van der Waals surface area (Å²) >= 11 is 0. The number of fused-ring (bicyclic) bond motifs is 1. The molecule has 6 nitrogen and oxygen atoms in total. The van der Waals surface area contributed by atoms with E-state index in [-0.39, 0.29) is 17.1 Å². The third-order valence-corrected chi connectivity index (χ3v) is 4.82. The van der Waals surface area contributed by atoms with E-state index in [1.54, 1.807) is 24.3 Å². The van der Waals surface area contributed by atoms with Crippen molar-refractivity contribution in [1.29, 1.82) is 0 Å². The summed E-state index contributed by atoms with van der Waals surface area (Å²) in [4.78, 5) is 16.0. The number of sulfonamides is 1. The number of benzene rings is 1. The predicted molar refractivity (Wildman–Crippen MR) is 72.2 cm³/mol. The Morgan fingerprint density at radius 2 is 1.90 bits per heavy atom. The maximum Gasteiger partial charge on any atom is 0.285 e. The molecule has 0 spiro atoms. The van der Waals surface area contributed by atoms with Gasteiger partial charge in [0.1, 0.15) is 0 Å². The lowest BCUT2D eigenvalue weighted by Crippen LogP contribution is -2.29. The summed E-state index contributed by atoms with van der Waals surface area (Å²) in [5.74, 6) is -0.573. The van der Waals surface area contributed by atoms with Gasteiger partial charge < -0.3 is 5.73 Å². The van der Waals surface area contributed by atoms with Crippen LogP contribution in [-0.4, -0.2) is 23.6 Å². The highest BCUT2D eigenvalue weighted by Crippen LogP contribution is 2.30. The molecular weight excluding hydrogens is 278 g/mol. The zero-order valence-electron chi connectivity index (χ0n) is 10.4. The van der Waals surface area contributed by atoms with Crippen molar-refractivity contribution in [3.8, 4) is 0 Å². The van der Waals surface area contributed by atoms with E-state index >= 15 is 0 Å². The molecule has 2 aromatic rings. The standard InChI is InChI=1S/C13H11N3O3S/c14-11-6-2-1-4-9(11)8-16-13(17)10-5-3-7-15-12(10)20(16,18)19/h1-7H,8,14H2. The molecule has 2 heterocycles. The molecule has 1 aliphatic heterocycles. The van der Waals surface area contributed by atoms with Crippen LogP contribution >= 0.6 is 0 Å². The highest BCUT2D eigenvalue weighted by atomic mass is 32.2. The normalized spacial score (nSPS) is 16.2. The van der Waals surface area contributed by atoms with Crippen LogP contribution in [0.15, 0.2) is 47.6 Å². The molecule has 0 saturated carbocycles. The molecule has 1 amide bonds. The van der Waals surface area contributed by atoms with Crippen LogP contribution in [0.2, 0.25) is 0 Å². The summed E-state index contributed by atoms with van der Waals surface area (Å²) in [6.45, 7) is -0.0931. The fourth-order valence-corrected chi connectivity index (χ4v) is 3.56. The smallest absolute Gasteiger partial charge is 0.285 e. The van der Waals surface area contributed by atoms with Crippen LogP contribution in [0.1, 0.15) is 15.9 Å². The summed E-state index contributed by atoms with van der Waals surface area (Å²) in [5, 5.41) is -0.195. The van der Waals surface area contributed by atoms with E-state index in [2.05, 4.69) is 4.98 Å². The van der Waals surface area contributed by atoms with Gasteiger partial charge in [-0.25, -0.2) is 9.29 Å². The third kappa shape index (κ3) is 1.75. The quantitative estimate of drug-likeness (QED) is 0.833. The molecule has 102 valence electrons. The van der Waals surface area contributed by atoms with Crippen LogP contribution < -0.4 is 5.73 Å². The highest BCUT2D eigenvalue weighted by Gasteiger charge is 2.42. The number of para-hydroxylation sites is 1. The second-order valence-corrected chi connectivity index (χ2v) is 6.15. The molecule has 1 aromatic carbocycles. The maximum absolute atomic E-state index is 12.3. The van der Waals surface area contributed by atoms with Crippen molar-refractivity contribution in [3.05, 3.63) is 53.7 Å². The molecule has 1 aliphatic rings. The van der Waals surface area contributed by atoms with Crippen LogP contribution in [0.4, 0.5) is 5.69 Å². The van der Waals surface area contributed by atoms with Crippen LogP contribution in [0.25, 0.3) is 0 Å². The Balaban J connectivity index is 2.05. The minimum Gasteiger partial charge on any atom is -0.398 e. The van der Waals surface area contributed by atoms with Gasteiger partial charge >= 0.3 is 0 Å². The Kier molecular flexibility index (Phi) is 2.72. The highest BCUT2D eigenvalue weighted by molar-refractivity contribution is 7.90. The van der Waals surface area contributed by atoms with Crippen molar-refractivity contribution < 1.29 is 13.2 Å². The molecule has 3 rings (SSSR count). The number of hydrogen-bond donors (Lipinski definition) is 1. The topological polar surface area (TPSA) is 93.4 Å². The van der Waals surface area contributed by atoms with Crippen molar-refractivity contribution in [2.75, 3.05) is 5.73 Å². The largest absolute Gasteiger partial charge is 0.398 e. The summed E-state index contributed by atoms with van der Waals surface area (Å²) < 4.78 is 25.4. The number of nitrogens with two attached hydrogens (primary N) is 1. The van der Waals surface area contributed by atoms with E-state index in [1.807, 2.05) is 0 Å². The van der Waals surface area contributed by atoms with E-state index in [4.69, 9.17) is 5.73 Å². The molecule has 0 aliphatic carbocycles. The average molecular weight is 289 g/mol. The molecule has 20 heavy (non-hydrogen) atoms.